The van der Waals surface area contributed by atoms with Gasteiger partial charge in [0.15, 0.2) is 0 Å². The molecule has 2 heterocycles. The number of benzene rings is 1. The summed E-state index contributed by atoms with van der Waals surface area (Å²) in [4.78, 5) is 26.8. The molecule has 2 aliphatic rings. The van der Waals surface area contributed by atoms with E-state index in [9.17, 15) is 9.59 Å². The van der Waals surface area contributed by atoms with Crippen LogP contribution < -0.4 is 16.0 Å². The van der Waals surface area contributed by atoms with E-state index >= 15 is 0 Å². The van der Waals surface area contributed by atoms with Crippen molar-refractivity contribution in [3.63, 3.8) is 0 Å². The monoisotopic (exact) mass is 394 g/mol. The molecule has 3 amide bonds. The van der Waals surface area contributed by atoms with Crippen molar-refractivity contribution in [2.24, 2.45) is 11.8 Å². The molecule has 1 aromatic rings. The number of amides is 3. The standard InChI is InChI=1S/C20H30N4O2.ClH/c1-15-6-8-18(9-7-15)23-20(26)22-12-16-4-3-11-24(14-16)19(25)17-5-2-10-21-13-17;/h6-9,16-17,21H,2-5,10-14H2,1H3,(H2,22,23,26);1H. The molecule has 3 rings (SSSR count). The molecule has 2 fully saturated rings. The molecule has 0 aliphatic carbocycles. The summed E-state index contributed by atoms with van der Waals surface area (Å²) >= 11 is 0. The van der Waals surface area contributed by atoms with Crippen LogP contribution in [0.25, 0.3) is 0 Å². The van der Waals surface area contributed by atoms with Gasteiger partial charge in [0.05, 0.1) is 5.92 Å². The molecule has 2 saturated heterocycles. The molecule has 0 bridgehead atoms. The number of aryl methyl sites for hydroxylation is 1. The maximum atomic E-state index is 12.7. The van der Waals surface area contributed by atoms with E-state index in [4.69, 9.17) is 0 Å². The van der Waals surface area contributed by atoms with E-state index < -0.39 is 0 Å². The number of anilines is 1. The predicted molar refractivity (Wildman–Crippen MR) is 110 cm³/mol. The molecule has 150 valence electrons. The lowest BCUT2D eigenvalue weighted by atomic mass is 9.93. The van der Waals surface area contributed by atoms with E-state index in [1.165, 1.54) is 0 Å². The summed E-state index contributed by atoms with van der Waals surface area (Å²) in [5, 5.41) is 9.13. The molecular formula is C20H31ClN4O2. The number of carbonyl (C=O) groups is 2. The van der Waals surface area contributed by atoms with Gasteiger partial charge in [-0.2, -0.15) is 0 Å². The van der Waals surface area contributed by atoms with E-state index in [-0.39, 0.29) is 30.3 Å². The van der Waals surface area contributed by atoms with Crippen molar-refractivity contribution < 1.29 is 9.59 Å². The van der Waals surface area contributed by atoms with Gasteiger partial charge in [-0.3, -0.25) is 4.79 Å². The molecule has 2 unspecified atom stereocenters. The minimum atomic E-state index is -0.186. The average molecular weight is 395 g/mol. The molecule has 1 aromatic carbocycles. The highest BCUT2D eigenvalue weighted by molar-refractivity contribution is 5.89. The number of rotatable bonds is 4. The third kappa shape index (κ3) is 6.40. The summed E-state index contributed by atoms with van der Waals surface area (Å²) in [6.07, 6.45) is 4.13. The first-order chi connectivity index (χ1) is 12.6. The second-order valence-electron chi connectivity index (χ2n) is 7.54. The normalized spacial score (nSPS) is 22.5. The van der Waals surface area contributed by atoms with Gasteiger partial charge in [0, 0.05) is 31.9 Å². The number of halogens is 1. The summed E-state index contributed by atoms with van der Waals surface area (Å²) in [6.45, 7) is 6.04. The Balaban J connectivity index is 0.00000261. The lowest BCUT2D eigenvalue weighted by molar-refractivity contribution is -0.137. The summed E-state index contributed by atoms with van der Waals surface area (Å²) in [6, 6.07) is 7.55. The molecule has 0 radical (unpaired) electrons. The van der Waals surface area contributed by atoms with Crippen LogP contribution in [0.5, 0.6) is 0 Å². The lowest BCUT2D eigenvalue weighted by Gasteiger charge is -2.36. The Morgan fingerprint density at radius 3 is 2.67 bits per heavy atom. The lowest BCUT2D eigenvalue weighted by Crippen LogP contribution is -2.48. The van der Waals surface area contributed by atoms with E-state index in [0.717, 1.165) is 63.1 Å². The van der Waals surface area contributed by atoms with Crippen LogP contribution in [0.4, 0.5) is 10.5 Å². The molecule has 2 atom stereocenters. The van der Waals surface area contributed by atoms with E-state index in [1.807, 2.05) is 36.1 Å². The van der Waals surface area contributed by atoms with Crippen molar-refractivity contribution in [3.05, 3.63) is 29.8 Å². The maximum absolute atomic E-state index is 12.7. The van der Waals surface area contributed by atoms with Crippen LogP contribution in [0.1, 0.15) is 31.2 Å². The average Bonchev–Trinajstić information content (AvgIpc) is 2.68. The largest absolute Gasteiger partial charge is 0.342 e. The van der Waals surface area contributed by atoms with Gasteiger partial charge in [-0.25, -0.2) is 4.79 Å². The topological polar surface area (TPSA) is 73.5 Å². The van der Waals surface area contributed by atoms with Gasteiger partial charge in [-0.05, 0) is 57.2 Å². The van der Waals surface area contributed by atoms with Crippen LogP contribution in [0.3, 0.4) is 0 Å². The fourth-order valence-electron chi connectivity index (χ4n) is 3.80. The maximum Gasteiger partial charge on any atom is 0.319 e. The Morgan fingerprint density at radius 2 is 1.96 bits per heavy atom. The van der Waals surface area contributed by atoms with Crippen LogP contribution >= 0.6 is 12.4 Å². The molecular weight excluding hydrogens is 364 g/mol. The second kappa shape index (κ2) is 10.5. The molecule has 2 aliphatic heterocycles. The van der Waals surface area contributed by atoms with Crippen molar-refractivity contribution >= 4 is 30.0 Å². The highest BCUT2D eigenvalue weighted by atomic mass is 35.5. The van der Waals surface area contributed by atoms with E-state index in [0.29, 0.717) is 12.5 Å². The molecule has 0 spiro atoms. The Labute approximate surface area is 167 Å². The molecule has 3 N–H and O–H groups in total. The third-order valence-electron chi connectivity index (χ3n) is 5.34. The van der Waals surface area contributed by atoms with Gasteiger partial charge in [-0.1, -0.05) is 17.7 Å². The number of urea groups is 1. The first-order valence-electron chi connectivity index (χ1n) is 9.73. The van der Waals surface area contributed by atoms with Gasteiger partial charge >= 0.3 is 6.03 Å². The van der Waals surface area contributed by atoms with Crippen LogP contribution in [-0.2, 0) is 4.79 Å². The number of hydrogen-bond donors (Lipinski definition) is 3. The highest BCUT2D eigenvalue weighted by Gasteiger charge is 2.29. The smallest absolute Gasteiger partial charge is 0.319 e. The van der Waals surface area contributed by atoms with Gasteiger partial charge in [-0.15, -0.1) is 12.4 Å². The van der Waals surface area contributed by atoms with E-state index in [1.54, 1.807) is 0 Å². The van der Waals surface area contributed by atoms with Crippen molar-refractivity contribution in [2.75, 3.05) is 38.0 Å². The zero-order valence-electron chi connectivity index (χ0n) is 16.0. The minimum absolute atomic E-state index is 0. The predicted octanol–water partition coefficient (Wildman–Crippen LogP) is 2.78. The number of hydrogen-bond acceptors (Lipinski definition) is 3. The van der Waals surface area contributed by atoms with Crippen molar-refractivity contribution in [2.45, 2.75) is 32.6 Å². The number of nitrogens with one attached hydrogen (secondary N) is 3. The second-order valence-corrected chi connectivity index (χ2v) is 7.54. The summed E-state index contributed by atoms with van der Waals surface area (Å²) in [5.74, 6) is 0.735. The Kier molecular flexibility index (Phi) is 8.38. The number of nitrogens with zero attached hydrogens (tertiary/aromatic N) is 1. The van der Waals surface area contributed by atoms with Crippen LogP contribution in [0.2, 0.25) is 0 Å². The molecule has 6 nitrogen and oxygen atoms in total. The quantitative estimate of drug-likeness (QED) is 0.735. The third-order valence-corrected chi connectivity index (χ3v) is 5.34. The fraction of sp³-hybridized carbons (Fsp3) is 0.600. The van der Waals surface area contributed by atoms with Gasteiger partial charge in [0.2, 0.25) is 5.91 Å². The molecule has 27 heavy (non-hydrogen) atoms. The minimum Gasteiger partial charge on any atom is -0.342 e. The van der Waals surface area contributed by atoms with Gasteiger partial charge in [0.25, 0.3) is 0 Å². The zero-order valence-corrected chi connectivity index (χ0v) is 16.8. The van der Waals surface area contributed by atoms with Crippen molar-refractivity contribution in [1.29, 1.82) is 0 Å². The highest BCUT2D eigenvalue weighted by Crippen LogP contribution is 2.20. The summed E-state index contributed by atoms with van der Waals surface area (Å²) in [7, 11) is 0. The first-order valence-corrected chi connectivity index (χ1v) is 9.73. The first kappa shape index (κ1) is 21.5. The van der Waals surface area contributed by atoms with Crippen molar-refractivity contribution in [1.82, 2.24) is 15.5 Å². The SMILES string of the molecule is Cc1ccc(NC(=O)NCC2CCCN(C(=O)C3CCCNC3)C2)cc1.Cl. The van der Waals surface area contributed by atoms with Crippen molar-refractivity contribution in [3.8, 4) is 0 Å². The number of carbonyl (C=O) groups excluding carboxylic acids is 2. The molecule has 7 heteroatoms. The van der Waals surface area contributed by atoms with Crippen LogP contribution in [0, 0.1) is 18.8 Å². The summed E-state index contributed by atoms with van der Waals surface area (Å²) in [5.41, 5.74) is 1.95. The number of piperidine rings is 2. The van der Waals surface area contributed by atoms with Crippen LogP contribution in [0.15, 0.2) is 24.3 Å². The Morgan fingerprint density at radius 1 is 1.19 bits per heavy atom. The molecule has 0 saturated carbocycles. The fourth-order valence-corrected chi connectivity index (χ4v) is 3.80. The van der Waals surface area contributed by atoms with Gasteiger partial charge < -0.3 is 20.9 Å². The van der Waals surface area contributed by atoms with Gasteiger partial charge in [0.1, 0.15) is 0 Å². The molecule has 0 aromatic heterocycles. The Bertz CT molecular complexity index is 617. The summed E-state index contributed by atoms with van der Waals surface area (Å²) < 4.78 is 0. The van der Waals surface area contributed by atoms with E-state index in [2.05, 4.69) is 16.0 Å². The number of likely N-dealkylation sites (tertiary alicyclic amines) is 1. The zero-order chi connectivity index (χ0) is 18.4. The van der Waals surface area contributed by atoms with Crippen LogP contribution in [-0.4, -0.2) is 49.6 Å². The Hall–Kier alpha value is -1.79.